The quantitative estimate of drug-likeness (QED) is 0.853. The lowest BCUT2D eigenvalue weighted by Gasteiger charge is -2.12. The molecule has 0 spiro atoms. The monoisotopic (exact) mass is 311 g/mol. The van der Waals surface area contributed by atoms with Crippen LogP contribution in [0.25, 0.3) is 0 Å². The fraction of sp³-hybridized carbons (Fsp3) is 0.286. The van der Waals surface area contributed by atoms with Crippen LogP contribution in [0.15, 0.2) is 18.3 Å². The van der Waals surface area contributed by atoms with Crippen LogP contribution in [0.4, 0.5) is 14.5 Å². The molecule has 1 unspecified atom stereocenters. The van der Waals surface area contributed by atoms with Crippen molar-refractivity contribution in [2.45, 2.75) is 26.3 Å². The highest BCUT2D eigenvalue weighted by Gasteiger charge is 2.18. The Labute approximate surface area is 125 Å². The number of benzene rings is 1. The second-order valence-corrected chi connectivity index (χ2v) is 5.71. The summed E-state index contributed by atoms with van der Waals surface area (Å²) >= 11 is 1.50. The number of halogens is 2. The molecule has 0 fully saturated rings. The molecule has 0 aliphatic carbocycles. The third kappa shape index (κ3) is 3.36. The lowest BCUT2D eigenvalue weighted by Crippen LogP contribution is -2.27. The van der Waals surface area contributed by atoms with E-state index in [2.05, 4.69) is 10.3 Å². The third-order valence-electron chi connectivity index (χ3n) is 2.98. The zero-order valence-electron chi connectivity index (χ0n) is 11.6. The summed E-state index contributed by atoms with van der Waals surface area (Å²) in [5, 5.41) is 3.43. The van der Waals surface area contributed by atoms with E-state index >= 15 is 0 Å². The first kappa shape index (κ1) is 15.4. The molecule has 1 amide bonds. The Morgan fingerprint density at radius 3 is 2.71 bits per heavy atom. The van der Waals surface area contributed by atoms with Crippen molar-refractivity contribution >= 4 is 22.9 Å². The van der Waals surface area contributed by atoms with Crippen LogP contribution in [0.3, 0.4) is 0 Å². The van der Waals surface area contributed by atoms with Gasteiger partial charge in [0.05, 0.1) is 11.6 Å². The van der Waals surface area contributed by atoms with Crippen LogP contribution in [0.2, 0.25) is 0 Å². The summed E-state index contributed by atoms with van der Waals surface area (Å²) in [6, 6.07) is 1.26. The van der Waals surface area contributed by atoms with E-state index in [0.29, 0.717) is 0 Å². The molecule has 2 rings (SSSR count). The van der Waals surface area contributed by atoms with E-state index in [9.17, 15) is 13.6 Å². The number of thiazole rings is 1. The summed E-state index contributed by atoms with van der Waals surface area (Å²) in [5.74, 6) is -2.75. The average Bonchev–Trinajstić information content (AvgIpc) is 2.91. The Balaban J connectivity index is 2.16. The van der Waals surface area contributed by atoms with Crippen molar-refractivity contribution in [2.24, 2.45) is 0 Å². The molecule has 0 saturated carbocycles. The van der Waals surface area contributed by atoms with Crippen LogP contribution in [0, 0.1) is 11.6 Å². The van der Waals surface area contributed by atoms with Gasteiger partial charge in [-0.15, -0.1) is 11.3 Å². The van der Waals surface area contributed by atoms with Gasteiger partial charge in [0.2, 0.25) is 0 Å². The van der Waals surface area contributed by atoms with Gasteiger partial charge < -0.3 is 11.1 Å². The summed E-state index contributed by atoms with van der Waals surface area (Å²) in [4.78, 5) is 17.4. The average molecular weight is 311 g/mol. The molecule has 0 saturated heterocycles. The smallest absolute Gasteiger partial charge is 0.254 e. The van der Waals surface area contributed by atoms with Crippen molar-refractivity contribution in [1.82, 2.24) is 10.3 Å². The molecule has 21 heavy (non-hydrogen) atoms. The molecule has 1 heterocycles. The first-order chi connectivity index (χ1) is 9.92. The highest BCUT2D eigenvalue weighted by Crippen LogP contribution is 2.22. The maximum absolute atomic E-state index is 13.2. The maximum atomic E-state index is 13.2. The summed E-state index contributed by atoms with van der Waals surface area (Å²) < 4.78 is 26.2. The number of anilines is 1. The minimum absolute atomic E-state index is 0.0898. The fourth-order valence-electron chi connectivity index (χ4n) is 1.78. The fourth-order valence-corrected chi connectivity index (χ4v) is 2.64. The van der Waals surface area contributed by atoms with Crippen LogP contribution in [-0.4, -0.2) is 10.9 Å². The van der Waals surface area contributed by atoms with Gasteiger partial charge in [-0.2, -0.15) is 0 Å². The number of nitrogens with one attached hydrogen (secondary N) is 1. The molecule has 0 bridgehead atoms. The number of rotatable bonds is 4. The van der Waals surface area contributed by atoms with Crippen molar-refractivity contribution in [3.05, 3.63) is 45.4 Å². The Kier molecular flexibility index (Phi) is 4.52. The SMILES string of the molecule is CCc1cnc(C(C)NC(=O)c2cc(F)c(F)cc2N)s1. The minimum atomic E-state index is -1.11. The summed E-state index contributed by atoms with van der Waals surface area (Å²) in [7, 11) is 0. The molecular formula is C14H15F2N3OS. The number of aromatic nitrogens is 1. The van der Waals surface area contributed by atoms with Gasteiger partial charge in [0.1, 0.15) is 5.01 Å². The number of aryl methyl sites for hydroxylation is 1. The molecule has 0 aliphatic heterocycles. The molecule has 0 aliphatic rings. The molecule has 2 aromatic rings. The number of amides is 1. The Hall–Kier alpha value is -2.02. The van der Waals surface area contributed by atoms with Gasteiger partial charge in [-0.1, -0.05) is 6.92 Å². The number of nitrogens with zero attached hydrogens (tertiary/aromatic N) is 1. The number of hydrogen-bond donors (Lipinski definition) is 2. The van der Waals surface area contributed by atoms with E-state index in [-0.39, 0.29) is 17.3 Å². The molecule has 1 atom stereocenters. The highest BCUT2D eigenvalue weighted by molar-refractivity contribution is 7.11. The molecular weight excluding hydrogens is 296 g/mol. The topological polar surface area (TPSA) is 68.0 Å². The van der Waals surface area contributed by atoms with E-state index in [1.165, 1.54) is 11.3 Å². The zero-order chi connectivity index (χ0) is 15.6. The Bertz CT molecular complexity index is 672. The van der Waals surface area contributed by atoms with Crippen molar-refractivity contribution < 1.29 is 13.6 Å². The van der Waals surface area contributed by atoms with Crippen LogP contribution in [0.1, 0.15) is 40.1 Å². The highest BCUT2D eigenvalue weighted by atomic mass is 32.1. The number of carbonyl (C=O) groups excluding carboxylic acids is 1. The first-order valence-corrected chi connectivity index (χ1v) is 7.24. The predicted molar refractivity (Wildman–Crippen MR) is 78.1 cm³/mol. The summed E-state index contributed by atoms with van der Waals surface area (Å²) in [6.45, 7) is 3.79. The van der Waals surface area contributed by atoms with Crippen LogP contribution in [0.5, 0.6) is 0 Å². The second-order valence-electron chi connectivity index (χ2n) is 4.57. The Morgan fingerprint density at radius 1 is 1.43 bits per heavy atom. The lowest BCUT2D eigenvalue weighted by molar-refractivity contribution is 0.0940. The maximum Gasteiger partial charge on any atom is 0.254 e. The van der Waals surface area contributed by atoms with E-state index < -0.39 is 17.5 Å². The van der Waals surface area contributed by atoms with Crippen LogP contribution < -0.4 is 11.1 Å². The van der Waals surface area contributed by atoms with Gasteiger partial charge in [0, 0.05) is 22.8 Å². The molecule has 1 aromatic carbocycles. The third-order valence-corrected chi connectivity index (χ3v) is 4.30. The summed E-state index contributed by atoms with van der Waals surface area (Å²) in [6.07, 6.45) is 2.63. The normalized spacial score (nSPS) is 12.2. The van der Waals surface area contributed by atoms with Gasteiger partial charge in [-0.25, -0.2) is 13.8 Å². The van der Waals surface area contributed by atoms with E-state index in [1.54, 1.807) is 13.1 Å². The molecule has 7 heteroatoms. The van der Waals surface area contributed by atoms with Crippen LogP contribution >= 0.6 is 11.3 Å². The number of nitrogens with two attached hydrogens (primary N) is 1. The van der Waals surface area contributed by atoms with Crippen LogP contribution in [-0.2, 0) is 6.42 Å². The van der Waals surface area contributed by atoms with E-state index in [1.807, 2.05) is 6.92 Å². The zero-order valence-corrected chi connectivity index (χ0v) is 12.4. The Morgan fingerprint density at radius 2 is 2.10 bits per heavy atom. The number of carbonyl (C=O) groups is 1. The number of nitrogen functional groups attached to an aromatic ring is 1. The molecule has 112 valence electrons. The largest absolute Gasteiger partial charge is 0.398 e. The molecule has 3 N–H and O–H groups in total. The second kappa shape index (κ2) is 6.17. The van der Waals surface area contributed by atoms with Crippen molar-refractivity contribution in [3.8, 4) is 0 Å². The summed E-state index contributed by atoms with van der Waals surface area (Å²) in [5.41, 5.74) is 5.36. The molecule has 1 aromatic heterocycles. The van der Waals surface area contributed by atoms with Crippen molar-refractivity contribution in [1.29, 1.82) is 0 Å². The lowest BCUT2D eigenvalue weighted by atomic mass is 10.1. The van der Waals surface area contributed by atoms with Gasteiger partial charge in [-0.05, 0) is 19.4 Å². The van der Waals surface area contributed by atoms with E-state index in [0.717, 1.165) is 28.4 Å². The predicted octanol–water partition coefficient (Wildman–Crippen LogP) is 3.06. The van der Waals surface area contributed by atoms with E-state index in [4.69, 9.17) is 5.73 Å². The van der Waals surface area contributed by atoms with Gasteiger partial charge in [0.25, 0.3) is 5.91 Å². The van der Waals surface area contributed by atoms with Gasteiger partial charge in [-0.3, -0.25) is 4.79 Å². The molecule has 0 radical (unpaired) electrons. The van der Waals surface area contributed by atoms with Gasteiger partial charge in [0.15, 0.2) is 11.6 Å². The van der Waals surface area contributed by atoms with Gasteiger partial charge >= 0.3 is 0 Å². The minimum Gasteiger partial charge on any atom is -0.398 e. The standard InChI is InChI=1S/C14H15F2N3OS/c1-3-8-6-18-14(21-8)7(2)19-13(20)9-4-10(15)11(16)5-12(9)17/h4-7H,3,17H2,1-2H3,(H,19,20). The molecule has 4 nitrogen and oxygen atoms in total. The van der Waals surface area contributed by atoms with Crippen molar-refractivity contribution in [2.75, 3.05) is 5.73 Å². The van der Waals surface area contributed by atoms with Crippen molar-refractivity contribution in [3.63, 3.8) is 0 Å². The number of hydrogen-bond acceptors (Lipinski definition) is 4. The first-order valence-electron chi connectivity index (χ1n) is 6.42.